The second-order valence-corrected chi connectivity index (χ2v) is 7.18. The molecule has 0 aliphatic carbocycles. The molecule has 4 aromatic carbocycles. The molecule has 0 saturated carbocycles. The van der Waals surface area contributed by atoms with Crippen molar-refractivity contribution in [2.24, 2.45) is 0 Å². The lowest BCUT2D eigenvalue weighted by Crippen LogP contribution is -2.30. The van der Waals surface area contributed by atoms with E-state index in [0.717, 1.165) is 22.3 Å². The first-order valence-corrected chi connectivity index (χ1v) is 9.93. The number of nitrogens with zero attached hydrogens (tertiary/aromatic N) is 1. The molecule has 148 valence electrons. The molecule has 0 N–H and O–H groups in total. The van der Waals surface area contributed by atoms with Crippen LogP contribution in [0.4, 0.5) is 4.39 Å². The number of benzene rings is 4. The average molecular weight is 395 g/mol. The number of carbonyl (C=O) groups excluding carboxylic acids is 1. The minimum Gasteiger partial charge on any atom is -0.330 e. The van der Waals surface area contributed by atoms with Crippen LogP contribution in [0.2, 0.25) is 0 Å². The van der Waals surface area contributed by atoms with Gasteiger partial charge in [-0.05, 0) is 40.5 Å². The van der Waals surface area contributed by atoms with Crippen LogP contribution in [0.5, 0.6) is 0 Å². The van der Waals surface area contributed by atoms with Crippen LogP contribution < -0.4 is 0 Å². The summed E-state index contributed by atoms with van der Waals surface area (Å²) >= 11 is 0. The van der Waals surface area contributed by atoms with Crippen LogP contribution in [0.1, 0.15) is 21.5 Å². The molecule has 0 bridgehead atoms. The number of carbonyl (C=O) groups is 1. The molecular formula is C27H22FNO. The third kappa shape index (κ3) is 4.64. The standard InChI is InChI=1S/C27H22FNO/c28-24-17-15-23(16-18-24)25-13-7-8-14-26(25)27(30)29(19-21-9-3-1-4-10-21)20-22-11-5-2-6-12-22/h1-18H,19-20H2. The smallest absolute Gasteiger partial charge is 0.255 e. The highest BCUT2D eigenvalue weighted by Gasteiger charge is 2.20. The number of halogens is 1. The molecule has 0 atom stereocenters. The molecule has 0 unspecified atom stereocenters. The van der Waals surface area contributed by atoms with Crippen LogP contribution in [0.15, 0.2) is 109 Å². The van der Waals surface area contributed by atoms with Crippen LogP contribution in [0.3, 0.4) is 0 Å². The molecule has 2 nitrogen and oxygen atoms in total. The van der Waals surface area contributed by atoms with Gasteiger partial charge >= 0.3 is 0 Å². The molecule has 1 amide bonds. The van der Waals surface area contributed by atoms with Gasteiger partial charge in [-0.2, -0.15) is 0 Å². The van der Waals surface area contributed by atoms with E-state index in [9.17, 15) is 9.18 Å². The maximum absolute atomic E-state index is 13.7. The molecule has 0 aromatic heterocycles. The predicted molar refractivity (Wildman–Crippen MR) is 118 cm³/mol. The summed E-state index contributed by atoms with van der Waals surface area (Å²) in [6.45, 7) is 1.01. The molecule has 3 heteroatoms. The zero-order chi connectivity index (χ0) is 20.8. The van der Waals surface area contributed by atoms with E-state index >= 15 is 0 Å². The Morgan fingerprint density at radius 3 is 1.70 bits per heavy atom. The fourth-order valence-electron chi connectivity index (χ4n) is 3.53. The Labute approximate surface area is 176 Å². The van der Waals surface area contributed by atoms with Crippen molar-refractivity contribution in [3.05, 3.63) is 132 Å². The third-order valence-electron chi connectivity index (χ3n) is 5.03. The van der Waals surface area contributed by atoms with Crippen molar-refractivity contribution in [2.45, 2.75) is 13.1 Å². The van der Waals surface area contributed by atoms with Crippen molar-refractivity contribution in [3.8, 4) is 11.1 Å². The number of hydrogen-bond donors (Lipinski definition) is 0. The summed E-state index contributed by atoms with van der Waals surface area (Å²) < 4.78 is 13.4. The molecule has 0 aliphatic heterocycles. The molecule has 30 heavy (non-hydrogen) atoms. The van der Waals surface area contributed by atoms with Crippen molar-refractivity contribution in [1.82, 2.24) is 4.90 Å². The Morgan fingerprint density at radius 2 is 1.13 bits per heavy atom. The summed E-state index contributed by atoms with van der Waals surface area (Å²) in [5.41, 5.74) is 4.37. The van der Waals surface area contributed by atoms with Gasteiger partial charge in [-0.25, -0.2) is 4.39 Å². The highest BCUT2D eigenvalue weighted by Crippen LogP contribution is 2.26. The second-order valence-electron chi connectivity index (χ2n) is 7.18. The second kappa shape index (κ2) is 9.19. The maximum Gasteiger partial charge on any atom is 0.255 e. The molecule has 4 aromatic rings. The zero-order valence-electron chi connectivity index (χ0n) is 16.5. The molecule has 0 heterocycles. The van der Waals surface area contributed by atoms with E-state index in [0.29, 0.717) is 18.7 Å². The Kier molecular flexibility index (Phi) is 6.00. The minimum atomic E-state index is -0.294. The monoisotopic (exact) mass is 395 g/mol. The number of rotatable bonds is 6. The quantitative estimate of drug-likeness (QED) is 0.373. The van der Waals surface area contributed by atoms with Crippen molar-refractivity contribution >= 4 is 5.91 Å². The zero-order valence-corrected chi connectivity index (χ0v) is 16.5. The van der Waals surface area contributed by atoms with Crippen molar-refractivity contribution in [3.63, 3.8) is 0 Å². The van der Waals surface area contributed by atoms with Gasteiger partial charge in [0.2, 0.25) is 0 Å². The van der Waals surface area contributed by atoms with Gasteiger partial charge in [0.25, 0.3) is 5.91 Å². The fraction of sp³-hybridized carbons (Fsp3) is 0.0741. The SMILES string of the molecule is O=C(c1ccccc1-c1ccc(F)cc1)N(Cc1ccccc1)Cc1ccccc1. The topological polar surface area (TPSA) is 20.3 Å². The van der Waals surface area contributed by atoms with E-state index in [4.69, 9.17) is 0 Å². The van der Waals surface area contributed by atoms with E-state index in [1.54, 1.807) is 12.1 Å². The Hall–Kier alpha value is -3.72. The van der Waals surface area contributed by atoms with Crippen molar-refractivity contribution in [1.29, 1.82) is 0 Å². The van der Waals surface area contributed by atoms with E-state index < -0.39 is 0 Å². The van der Waals surface area contributed by atoms with Gasteiger partial charge in [0, 0.05) is 18.7 Å². The van der Waals surface area contributed by atoms with Gasteiger partial charge < -0.3 is 4.90 Å². The van der Waals surface area contributed by atoms with Gasteiger partial charge in [0.05, 0.1) is 0 Å². The molecule has 0 aliphatic rings. The highest BCUT2D eigenvalue weighted by atomic mass is 19.1. The molecule has 0 saturated heterocycles. The summed E-state index contributed by atoms with van der Waals surface area (Å²) in [5, 5.41) is 0. The first-order chi connectivity index (χ1) is 14.7. The lowest BCUT2D eigenvalue weighted by molar-refractivity contribution is 0.0731. The highest BCUT2D eigenvalue weighted by molar-refractivity contribution is 6.00. The van der Waals surface area contributed by atoms with Crippen LogP contribution in [0, 0.1) is 5.82 Å². The summed E-state index contributed by atoms with van der Waals surface area (Å²) in [6.07, 6.45) is 0. The van der Waals surface area contributed by atoms with Gasteiger partial charge in [-0.1, -0.05) is 91.0 Å². The minimum absolute atomic E-state index is 0.0531. The Bertz CT molecular complexity index is 1070. The first-order valence-electron chi connectivity index (χ1n) is 9.93. The lowest BCUT2D eigenvalue weighted by atomic mass is 9.98. The summed E-state index contributed by atoms with van der Waals surface area (Å²) in [4.78, 5) is 15.5. The summed E-state index contributed by atoms with van der Waals surface area (Å²) in [5.74, 6) is -0.347. The van der Waals surface area contributed by atoms with Gasteiger partial charge in [0.15, 0.2) is 0 Å². The van der Waals surface area contributed by atoms with Crippen LogP contribution in [-0.4, -0.2) is 10.8 Å². The van der Waals surface area contributed by atoms with Gasteiger partial charge in [-0.15, -0.1) is 0 Å². The average Bonchev–Trinajstić information content (AvgIpc) is 2.80. The molecule has 0 spiro atoms. The molecule has 0 fully saturated rings. The van der Waals surface area contributed by atoms with E-state index in [-0.39, 0.29) is 11.7 Å². The van der Waals surface area contributed by atoms with Crippen LogP contribution in [-0.2, 0) is 13.1 Å². The summed E-state index contributed by atoms with van der Waals surface area (Å²) in [6, 6.07) is 33.7. The van der Waals surface area contributed by atoms with Crippen LogP contribution >= 0.6 is 0 Å². The van der Waals surface area contributed by atoms with Crippen LogP contribution in [0.25, 0.3) is 11.1 Å². The maximum atomic E-state index is 13.7. The summed E-state index contributed by atoms with van der Waals surface area (Å²) in [7, 11) is 0. The van der Waals surface area contributed by atoms with Crippen molar-refractivity contribution < 1.29 is 9.18 Å². The van der Waals surface area contributed by atoms with Crippen molar-refractivity contribution in [2.75, 3.05) is 0 Å². The Morgan fingerprint density at radius 1 is 0.633 bits per heavy atom. The van der Waals surface area contributed by atoms with Gasteiger partial charge in [0.1, 0.15) is 5.82 Å². The predicted octanol–water partition coefficient (Wildman–Crippen LogP) is 6.34. The normalized spacial score (nSPS) is 10.6. The van der Waals surface area contributed by atoms with E-state index in [1.165, 1.54) is 12.1 Å². The number of amides is 1. The van der Waals surface area contributed by atoms with Gasteiger partial charge in [-0.3, -0.25) is 4.79 Å². The first kappa shape index (κ1) is 19.6. The lowest BCUT2D eigenvalue weighted by Gasteiger charge is -2.24. The number of hydrogen-bond acceptors (Lipinski definition) is 1. The largest absolute Gasteiger partial charge is 0.330 e. The third-order valence-corrected chi connectivity index (χ3v) is 5.03. The molecular weight excluding hydrogens is 373 g/mol. The molecule has 4 rings (SSSR count). The van der Waals surface area contributed by atoms with E-state index in [2.05, 4.69) is 0 Å². The Balaban J connectivity index is 1.70. The van der Waals surface area contributed by atoms with E-state index in [1.807, 2.05) is 89.8 Å². The fourth-order valence-corrected chi connectivity index (χ4v) is 3.53. The molecule has 0 radical (unpaired) electrons.